The molecule has 98 valence electrons. The zero-order valence-electron chi connectivity index (χ0n) is 9.53. The summed E-state index contributed by atoms with van der Waals surface area (Å²) in [6, 6.07) is 9.13. The van der Waals surface area contributed by atoms with Crippen molar-refractivity contribution in [1.29, 1.82) is 10.5 Å². The Morgan fingerprint density at radius 3 is 2.47 bits per heavy atom. The molecule has 0 spiro atoms. The largest absolute Gasteiger partial charge is 0.482 e. The number of nitrogens with zero attached hydrogens (tertiary/aromatic N) is 2. The molecule has 0 amide bonds. The molecule has 19 heavy (non-hydrogen) atoms. The number of nitriles is 2. The molecule has 0 bridgehead atoms. The summed E-state index contributed by atoms with van der Waals surface area (Å²) in [5.41, 5.74) is 0.0281. The highest BCUT2D eigenvalue weighted by atomic mass is 19.4. The van der Waals surface area contributed by atoms with Crippen LogP contribution in [0.3, 0.4) is 0 Å². The van der Waals surface area contributed by atoms with Crippen molar-refractivity contribution in [3.63, 3.8) is 0 Å². The number of hydrogen-bond donors (Lipinski definition) is 1. The van der Waals surface area contributed by atoms with Gasteiger partial charge in [0, 0.05) is 6.20 Å². The number of para-hydroxylation sites is 2. The molecule has 0 saturated carbocycles. The van der Waals surface area contributed by atoms with E-state index in [-0.39, 0.29) is 17.0 Å². The first-order valence-corrected chi connectivity index (χ1v) is 5.02. The van der Waals surface area contributed by atoms with Crippen molar-refractivity contribution in [2.24, 2.45) is 0 Å². The van der Waals surface area contributed by atoms with Crippen LogP contribution in [-0.4, -0.2) is 12.8 Å². The van der Waals surface area contributed by atoms with E-state index >= 15 is 0 Å². The number of allylic oxidation sites excluding steroid dienone is 1. The fourth-order valence-electron chi connectivity index (χ4n) is 1.11. The van der Waals surface area contributed by atoms with Crippen LogP contribution in [-0.2, 0) is 0 Å². The molecule has 0 aromatic heterocycles. The van der Waals surface area contributed by atoms with E-state index in [0.717, 1.165) is 6.20 Å². The predicted molar refractivity (Wildman–Crippen MR) is 60.9 cm³/mol. The molecule has 0 radical (unpaired) electrons. The van der Waals surface area contributed by atoms with Crippen molar-refractivity contribution in [2.75, 3.05) is 11.9 Å². The SMILES string of the molecule is N#CC(C#N)=CNc1ccccc1OCC(F)(F)F. The zero-order valence-corrected chi connectivity index (χ0v) is 9.53. The molecule has 0 aliphatic carbocycles. The predicted octanol–water partition coefficient (Wildman–Crippen LogP) is 2.97. The van der Waals surface area contributed by atoms with Crippen LogP contribution in [0.25, 0.3) is 0 Å². The minimum absolute atomic E-state index is 0.0219. The molecule has 4 nitrogen and oxygen atoms in total. The summed E-state index contributed by atoms with van der Waals surface area (Å²) in [6.07, 6.45) is -3.34. The van der Waals surface area contributed by atoms with E-state index in [1.165, 1.54) is 18.2 Å². The lowest BCUT2D eigenvalue weighted by atomic mass is 10.3. The van der Waals surface area contributed by atoms with Crippen molar-refractivity contribution in [3.05, 3.63) is 36.0 Å². The van der Waals surface area contributed by atoms with Crippen LogP contribution >= 0.6 is 0 Å². The fourth-order valence-corrected chi connectivity index (χ4v) is 1.11. The van der Waals surface area contributed by atoms with Crippen molar-refractivity contribution < 1.29 is 17.9 Å². The van der Waals surface area contributed by atoms with E-state index < -0.39 is 12.8 Å². The number of rotatable bonds is 4. The Bertz CT molecular complexity index is 537. The van der Waals surface area contributed by atoms with Gasteiger partial charge in [0.25, 0.3) is 0 Å². The number of ether oxygens (including phenoxy) is 1. The van der Waals surface area contributed by atoms with E-state index in [2.05, 4.69) is 10.1 Å². The van der Waals surface area contributed by atoms with Crippen molar-refractivity contribution in [1.82, 2.24) is 0 Å². The molecular formula is C12H8F3N3O. The minimum Gasteiger partial charge on any atom is -0.482 e. The number of anilines is 1. The van der Waals surface area contributed by atoms with E-state index in [1.807, 2.05) is 0 Å². The molecule has 0 atom stereocenters. The lowest BCUT2D eigenvalue weighted by Gasteiger charge is -2.12. The monoisotopic (exact) mass is 267 g/mol. The van der Waals surface area contributed by atoms with Gasteiger partial charge in [0.15, 0.2) is 6.61 Å². The maximum absolute atomic E-state index is 12.1. The maximum atomic E-state index is 12.1. The Kier molecular flexibility index (Phi) is 4.78. The third-order valence-electron chi connectivity index (χ3n) is 1.89. The summed E-state index contributed by atoms with van der Waals surface area (Å²) in [5, 5.41) is 19.6. The molecule has 0 saturated heterocycles. The lowest BCUT2D eigenvalue weighted by Crippen LogP contribution is -2.19. The highest BCUT2D eigenvalue weighted by molar-refractivity contribution is 5.59. The van der Waals surface area contributed by atoms with Crippen LogP contribution in [0.1, 0.15) is 0 Å². The van der Waals surface area contributed by atoms with Gasteiger partial charge >= 0.3 is 6.18 Å². The summed E-state index contributed by atoms with van der Waals surface area (Å²) in [5.74, 6) is -0.0219. The topological polar surface area (TPSA) is 68.8 Å². The molecule has 0 fully saturated rings. The van der Waals surface area contributed by atoms with Crippen LogP contribution in [0.4, 0.5) is 18.9 Å². The van der Waals surface area contributed by atoms with Crippen molar-refractivity contribution in [3.8, 4) is 17.9 Å². The van der Waals surface area contributed by atoms with Gasteiger partial charge in [-0.2, -0.15) is 23.7 Å². The summed E-state index contributed by atoms with van der Waals surface area (Å²) in [4.78, 5) is 0. The van der Waals surface area contributed by atoms with Crippen LogP contribution in [0.15, 0.2) is 36.0 Å². The number of nitrogens with one attached hydrogen (secondary N) is 1. The number of hydrogen-bond acceptors (Lipinski definition) is 4. The number of benzene rings is 1. The molecule has 7 heteroatoms. The van der Waals surface area contributed by atoms with Gasteiger partial charge in [0.05, 0.1) is 5.69 Å². The zero-order chi connectivity index (χ0) is 14.3. The Labute approximate surface area is 107 Å². The molecule has 0 aliphatic rings. The Morgan fingerprint density at radius 2 is 1.89 bits per heavy atom. The summed E-state index contributed by atoms with van der Waals surface area (Å²) in [7, 11) is 0. The van der Waals surface area contributed by atoms with Crippen LogP contribution in [0.5, 0.6) is 5.75 Å². The Morgan fingerprint density at radius 1 is 1.26 bits per heavy atom. The van der Waals surface area contributed by atoms with E-state index in [4.69, 9.17) is 10.5 Å². The Hall–Kier alpha value is -2.67. The second-order valence-electron chi connectivity index (χ2n) is 3.33. The maximum Gasteiger partial charge on any atom is 0.422 e. The molecule has 1 aromatic carbocycles. The number of halogens is 3. The smallest absolute Gasteiger partial charge is 0.422 e. The minimum atomic E-state index is -4.44. The van der Waals surface area contributed by atoms with Crippen LogP contribution in [0, 0.1) is 22.7 Å². The quantitative estimate of drug-likeness (QED) is 0.851. The molecule has 0 heterocycles. The van der Waals surface area contributed by atoms with E-state index in [0.29, 0.717) is 0 Å². The summed E-state index contributed by atoms with van der Waals surface area (Å²) >= 11 is 0. The molecule has 0 aliphatic heterocycles. The number of alkyl halides is 3. The first-order chi connectivity index (χ1) is 8.96. The fraction of sp³-hybridized carbons (Fsp3) is 0.167. The van der Waals surface area contributed by atoms with Gasteiger partial charge in [-0.3, -0.25) is 0 Å². The first-order valence-electron chi connectivity index (χ1n) is 5.02. The third kappa shape index (κ3) is 5.00. The first kappa shape index (κ1) is 14.4. The normalized spacial score (nSPS) is 9.95. The third-order valence-corrected chi connectivity index (χ3v) is 1.89. The Balaban J connectivity index is 2.83. The van der Waals surface area contributed by atoms with Crippen molar-refractivity contribution >= 4 is 5.69 Å². The average molecular weight is 267 g/mol. The van der Waals surface area contributed by atoms with Gasteiger partial charge in [0.1, 0.15) is 23.5 Å². The van der Waals surface area contributed by atoms with Crippen molar-refractivity contribution in [2.45, 2.75) is 6.18 Å². The van der Waals surface area contributed by atoms with Gasteiger partial charge in [-0.05, 0) is 12.1 Å². The highest BCUT2D eigenvalue weighted by Crippen LogP contribution is 2.26. The molecule has 1 aromatic rings. The summed E-state index contributed by atoms with van der Waals surface area (Å²) < 4.78 is 40.8. The van der Waals surface area contributed by atoms with Gasteiger partial charge < -0.3 is 10.1 Å². The van der Waals surface area contributed by atoms with Gasteiger partial charge in [0.2, 0.25) is 0 Å². The molecular weight excluding hydrogens is 259 g/mol. The lowest BCUT2D eigenvalue weighted by molar-refractivity contribution is -0.153. The summed E-state index contributed by atoms with van der Waals surface area (Å²) in [6.45, 7) is -1.42. The highest BCUT2D eigenvalue weighted by Gasteiger charge is 2.28. The van der Waals surface area contributed by atoms with E-state index in [9.17, 15) is 13.2 Å². The second kappa shape index (κ2) is 6.31. The van der Waals surface area contributed by atoms with Crippen LogP contribution in [0.2, 0.25) is 0 Å². The van der Waals surface area contributed by atoms with Gasteiger partial charge in [-0.25, -0.2) is 0 Å². The van der Waals surface area contributed by atoms with Gasteiger partial charge in [-0.1, -0.05) is 12.1 Å². The molecule has 1 N–H and O–H groups in total. The molecule has 0 unspecified atom stereocenters. The van der Waals surface area contributed by atoms with E-state index in [1.54, 1.807) is 18.2 Å². The average Bonchev–Trinajstić information content (AvgIpc) is 2.38. The molecule has 1 rings (SSSR count). The standard InChI is InChI=1S/C12H8F3N3O/c13-12(14,15)8-19-11-4-2-1-3-10(11)18-7-9(5-16)6-17/h1-4,7,18H,8H2. The van der Waals surface area contributed by atoms with Crippen LogP contribution < -0.4 is 10.1 Å². The second-order valence-corrected chi connectivity index (χ2v) is 3.33. The van der Waals surface area contributed by atoms with Gasteiger partial charge in [-0.15, -0.1) is 0 Å².